The van der Waals surface area contributed by atoms with E-state index < -0.39 is 5.91 Å². The van der Waals surface area contributed by atoms with Crippen molar-refractivity contribution in [2.24, 2.45) is 5.73 Å². The Labute approximate surface area is 132 Å². The topological polar surface area (TPSA) is 75.4 Å². The molecule has 118 valence electrons. The van der Waals surface area contributed by atoms with E-state index in [2.05, 4.69) is 5.32 Å². The molecule has 0 spiro atoms. The third-order valence-electron chi connectivity index (χ3n) is 3.80. The number of benzene rings is 2. The molecule has 2 aromatic carbocycles. The van der Waals surface area contributed by atoms with Crippen molar-refractivity contribution < 1.29 is 14.0 Å². The first-order chi connectivity index (χ1) is 10.9. The highest BCUT2D eigenvalue weighted by atomic mass is 19.1. The summed E-state index contributed by atoms with van der Waals surface area (Å²) in [7, 11) is 0. The highest BCUT2D eigenvalue weighted by Gasteiger charge is 2.25. The van der Waals surface area contributed by atoms with Gasteiger partial charge in [-0.05, 0) is 54.8 Å². The van der Waals surface area contributed by atoms with Crippen molar-refractivity contribution in [1.29, 1.82) is 0 Å². The smallest absolute Gasteiger partial charge is 0.326 e. The molecule has 2 aromatic rings. The molecule has 23 heavy (non-hydrogen) atoms. The number of anilines is 2. The summed E-state index contributed by atoms with van der Waals surface area (Å²) in [4.78, 5) is 25.3. The molecule has 3 rings (SSSR count). The van der Waals surface area contributed by atoms with Gasteiger partial charge in [-0.3, -0.25) is 9.69 Å². The Morgan fingerprint density at radius 1 is 1.22 bits per heavy atom. The third-order valence-corrected chi connectivity index (χ3v) is 3.80. The van der Waals surface area contributed by atoms with Crippen LogP contribution in [0.15, 0.2) is 36.4 Å². The largest absolute Gasteiger partial charge is 0.366 e. The van der Waals surface area contributed by atoms with E-state index in [0.29, 0.717) is 29.9 Å². The quantitative estimate of drug-likeness (QED) is 0.894. The van der Waals surface area contributed by atoms with Crippen molar-refractivity contribution >= 4 is 23.3 Å². The lowest BCUT2D eigenvalue weighted by atomic mass is 10.1. The van der Waals surface area contributed by atoms with Gasteiger partial charge in [0.15, 0.2) is 0 Å². The Morgan fingerprint density at radius 3 is 2.74 bits per heavy atom. The SMILES string of the molecule is Cc1cc(NC(=O)N2CCc3ccc(F)cc32)cc(C(N)=O)c1. The molecular weight excluding hydrogens is 297 g/mol. The standard InChI is InChI=1S/C17H16FN3O2/c1-10-6-12(16(19)22)8-14(7-10)20-17(23)21-5-4-11-2-3-13(18)9-15(11)21/h2-3,6-9H,4-5H2,1H3,(H2,19,22)(H,20,23). The second-order valence-electron chi connectivity index (χ2n) is 5.56. The maximum absolute atomic E-state index is 13.4. The summed E-state index contributed by atoms with van der Waals surface area (Å²) in [6.45, 7) is 2.29. The summed E-state index contributed by atoms with van der Waals surface area (Å²) in [6.07, 6.45) is 0.684. The van der Waals surface area contributed by atoms with Crippen LogP contribution in [0.5, 0.6) is 0 Å². The number of carbonyl (C=O) groups is 2. The lowest BCUT2D eigenvalue weighted by Crippen LogP contribution is -2.33. The average molecular weight is 313 g/mol. The van der Waals surface area contributed by atoms with Crippen molar-refractivity contribution in [2.45, 2.75) is 13.3 Å². The number of nitrogens with zero attached hydrogens (tertiary/aromatic N) is 1. The number of hydrogen-bond acceptors (Lipinski definition) is 2. The van der Waals surface area contributed by atoms with Crippen LogP contribution in [0.3, 0.4) is 0 Å². The fraction of sp³-hybridized carbons (Fsp3) is 0.176. The Morgan fingerprint density at radius 2 is 2.00 bits per heavy atom. The Balaban J connectivity index is 1.84. The minimum Gasteiger partial charge on any atom is -0.366 e. The molecule has 6 heteroatoms. The van der Waals surface area contributed by atoms with Crippen LogP contribution in [0.4, 0.5) is 20.6 Å². The lowest BCUT2D eigenvalue weighted by Gasteiger charge is -2.18. The second kappa shape index (κ2) is 5.72. The molecule has 1 aliphatic rings. The van der Waals surface area contributed by atoms with E-state index in [1.165, 1.54) is 23.1 Å². The molecule has 0 unspecified atom stereocenters. The number of amides is 3. The normalized spacial score (nSPS) is 12.9. The molecule has 0 fully saturated rings. The summed E-state index contributed by atoms with van der Waals surface area (Å²) in [5, 5.41) is 2.74. The number of nitrogens with one attached hydrogen (secondary N) is 1. The van der Waals surface area contributed by atoms with E-state index in [4.69, 9.17) is 5.73 Å². The molecule has 0 bridgehead atoms. The van der Waals surface area contributed by atoms with Gasteiger partial charge in [-0.25, -0.2) is 9.18 Å². The summed E-state index contributed by atoms with van der Waals surface area (Å²) in [5.74, 6) is -0.937. The molecule has 1 aliphatic heterocycles. The average Bonchev–Trinajstić information content (AvgIpc) is 2.89. The first kappa shape index (κ1) is 15.0. The first-order valence-electron chi connectivity index (χ1n) is 7.22. The summed E-state index contributed by atoms with van der Waals surface area (Å²) in [5.41, 5.74) is 8.41. The van der Waals surface area contributed by atoms with E-state index in [1.807, 2.05) is 6.92 Å². The van der Waals surface area contributed by atoms with Gasteiger partial charge in [-0.2, -0.15) is 0 Å². The zero-order valence-corrected chi connectivity index (χ0v) is 12.6. The molecule has 3 N–H and O–H groups in total. The summed E-state index contributed by atoms with van der Waals surface area (Å²) >= 11 is 0. The van der Waals surface area contributed by atoms with Crippen LogP contribution in [0, 0.1) is 12.7 Å². The zero-order valence-electron chi connectivity index (χ0n) is 12.6. The Kier molecular flexibility index (Phi) is 3.73. The van der Waals surface area contributed by atoms with E-state index in [0.717, 1.165) is 11.1 Å². The van der Waals surface area contributed by atoms with Gasteiger partial charge in [-0.1, -0.05) is 6.07 Å². The van der Waals surface area contributed by atoms with E-state index in [-0.39, 0.29) is 11.8 Å². The number of aryl methyl sites for hydroxylation is 1. The molecule has 0 aromatic heterocycles. The van der Waals surface area contributed by atoms with Gasteiger partial charge in [0, 0.05) is 17.8 Å². The number of primary amides is 1. The summed E-state index contributed by atoms with van der Waals surface area (Å²) < 4.78 is 13.4. The van der Waals surface area contributed by atoms with Gasteiger partial charge in [-0.15, -0.1) is 0 Å². The molecule has 3 amide bonds. The molecule has 0 radical (unpaired) electrons. The monoisotopic (exact) mass is 313 g/mol. The molecule has 5 nitrogen and oxygen atoms in total. The fourth-order valence-corrected chi connectivity index (χ4v) is 2.75. The molecule has 1 heterocycles. The predicted molar refractivity (Wildman–Crippen MR) is 86.2 cm³/mol. The van der Waals surface area contributed by atoms with E-state index >= 15 is 0 Å². The lowest BCUT2D eigenvalue weighted by molar-refractivity contribution is 0.1000. The van der Waals surface area contributed by atoms with Gasteiger partial charge >= 0.3 is 6.03 Å². The molecule has 0 saturated heterocycles. The van der Waals surface area contributed by atoms with Crippen LogP contribution in [0.1, 0.15) is 21.5 Å². The van der Waals surface area contributed by atoms with Gasteiger partial charge < -0.3 is 11.1 Å². The third kappa shape index (κ3) is 3.01. The second-order valence-corrected chi connectivity index (χ2v) is 5.56. The van der Waals surface area contributed by atoms with Crippen LogP contribution in [0.25, 0.3) is 0 Å². The molecular formula is C17H16FN3O2. The van der Waals surface area contributed by atoms with Crippen LogP contribution < -0.4 is 16.0 Å². The summed E-state index contributed by atoms with van der Waals surface area (Å²) in [6, 6.07) is 8.99. The predicted octanol–water partition coefficient (Wildman–Crippen LogP) is 2.83. The van der Waals surface area contributed by atoms with E-state index in [1.54, 1.807) is 18.2 Å². The maximum atomic E-state index is 13.4. The number of urea groups is 1. The van der Waals surface area contributed by atoms with Gasteiger partial charge in [0.2, 0.25) is 5.91 Å². The Hall–Kier alpha value is -2.89. The minimum atomic E-state index is -0.558. The van der Waals surface area contributed by atoms with Crippen molar-refractivity contribution in [1.82, 2.24) is 0 Å². The highest BCUT2D eigenvalue weighted by molar-refractivity contribution is 6.04. The van der Waals surface area contributed by atoms with Crippen molar-refractivity contribution in [2.75, 3.05) is 16.8 Å². The Bertz CT molecular complexity index is 804. The van der Waals surface area contributed by atoms with Gasteiger partial charge in [0.1, 0.15) is 5.82 Å². The maximum Gasteiger partial charge on any atom is 0.326 e. The fourth-order valence-electron chi connectivity index (χ4n) is 2.75. The van der Waals surface area contributed by atoms with Gasteiger partial charge in [0.25, 0.3) is 0 Å². The number of hydrogen-bond donors (Lipinski definition) is 2. The number of halogens is 1. The van der Waals surface area contributed by atoms with Crippen molar-refractivity contribution in [3.05, 3.63) is 58.9 Å². The van der Waals surface area contributed by atoms with Crippen LogP contribution in [0.2, 0.25) is 0 Å². The zero-order chi connectivity index (χ0) is 16.6. The molecule has 0 atom stereocenters. The van der Waals surface area contributed by atoms with Crippen LogP contribution >= 0.6 is 0 Å². The molecule has 0 aliphatic carbocycles. The van der Waals surface area contributed by atoms with Crippen molar-refractivity contribution in [3.8, 4) is 0 Å². The number of nitrogens with two attached hydrogens (primary N) is 1. The number of rotatable bonds is 2. The minimum absolute atomic E-state index is 0.327. The highest BCUT2D eigenvalue weighted by Crippen LogP contribution is 2.29. The first-order valence-corrected chi connectivity index (χ1v) is 7.22. The number of fused-ring (bicyclic) bond motifs is 1. The van der Waals surface area contributed by atoms with Gasteiger partial charge in [0.05, 0.1) is 5.69 Å². The van der Waals surface area contributed by atoms with Crippen molar-refractivity contribution in [3.63, 3.8) is 0 Å². The van der Waals surface area contributed by atoms with Crippen LogP contribution in [-0.4, -0.2) is 18.5 Å². The molecule has 0 saturated carbocycles. The number of carbonyl (C=O) groups excluding carboxylic acids is 2. The van der Waals surface area contributed by atoms with E-state index in [9.17, 15) is 14.0 Å². The van der Waals surface area contributed by atoms with Crippen LogP contribution in [-0.2, 0) is 6.42 Å².